The molecule has 1 rings (SSSR count). The van der Waals surface area contributed by atoms with Crippen LogP contribution in [-0.2, 0) is 10.0 Å². The highest BCUT2D eigenvalue weighted by Gasteiger charge is 2.32. The first-order valence-electron chi connectivity index (χ1n) is 5.61. The highest BCUT2D eigenvalue weighted by Crippen LogP contribution is 2.19. The van der Waals surface area contributed by atoms with E-state index in [0.717, 1.165) is 25.9 Å². The molecule has 6 heteroatoms. The average Bonchev–Trinajstić information content (AvgIpc) is 2.26. The van der Waals surface area contributed by atoms with E-state index < -0.39 is 15.3 Å². The third-order valence-electron chi connectivity index (χ3n) is 3.24. The molecule has 1 heterocycles. The number of likely N-dealkylation sites (N-methyl/N-ethyl adjacent to an activating group) is 2. The minimum absolute atomic E-state index is 0.0921. The number of sulfonamides is 1. The highest BCUT2D eigenvalue weighted by atomic mass is 35.5. The van der Waals surface area contributed by atoms with E-state index in [9.17, 15) is 8.42 Å². The fourth-order valence-electron chi connectivity index (χ4n) is 2.01. The summed E-state index contributed by atoms with van der Waals surface area (Å²) in [6.07, 6.45) is 1.99. The minimum atomic E-state index is -3.24. The molecule has 0 bridgehead atoms. The van der Waals surface area contributed by atoms with Crippen LogP contribution in [0.25, 0.3) is 0 Å². The molecule has 0 amide bonds. The largest absolute Gasteiger partial charge is 0.305 e. The van der Waals surface area contributed by atoms with Crippen LogP contribution in [0.5, 0.6) is 0 Å². The lowest BCUT2D eigenvalue weighted by atomic mass is 10.1. The number of rotatable bonds is 4. The summed E-state index contributed by atoms with van der Waals surface area (Å²) in [5.41, 5.74) is 0. The molecule has 0 aromatic carbocycles. The Morgan fingerprint density at radius 3 is 2.69 bits per heavy atom. The molecule has 0 aromatic rings. The molecule has 1 aliphatic rings. The summed E-state index contributed by atoms with van der Waals surface area (Å²) in [6.45, 7) is 3.52. The predicted molar refractivity (Wildman–Crippen MR) is 67.4 cm³/mol. The van der Waals surface area contributed by atoms with Crippen LogP contribution < -0.4 is 0 Å². The normalized spacial score (nSPS) is 25.9. The summed E-state index contributed by atoms with van der Waals surface area (Å²) < 4.78 is 25.7. The SMILES string of the molecule is CC(CCl)S(=O)(=O)N(C)C1CCCN(C)C1. The Bertz CT molecular complexity index is 321. The zero-order valence-electron chi connectivity index (χ0n) is 10.2. The molecule has 2 unspecified atom stereocenters. The molecule has 4 nitrogen and oxygen atoms in total. The Kier molecular flexibility index (Phi) is 5.04. The maximum Gasteiger partial charge on any atom is 0.217 e. The molecule has 1 saturated heterocycles. The molecule has 0 aliphatic carbocycles. The second-order valence-corrected chi connectivity index (χ2v) is 7.30. The number of hydrogen-bond donors (Lipinski definition) is 0. The van der Waals surface area contributed by atoms with Crippen LogP contribution in [-0.4, -0.2) is 62.0 Å². The van der Waals surface area contributed by atoms with E-state index in [1.807, 2.05) is 7.05 Å². The van der Waals surface area contributed by atoms with Crippen molar-refractivity contribution in [3.63, 3.8) is 0 Å². The highest BCUT2D eigenvalue weighted by molar-refractivity contribution is 7.89. The maximum atomic E-state index is 12.1. The van der Waals surface area contributed by atoms with Crippen LogP contribution in [0, 0.1) is 0 Å². The van der Waals surface area contributed by atoms with E-state index in [2.05, 4.69) is 4.90 Å². The number of nitrogens with zero attached hydrogens (tertiary/aromatic N) is 2. The van der Waals surface area contributed by atoms with Crippen LogP contribution in [0.1, 0.15) is 19.8 Å². The van der Waals surface area contributed by atoms with E-state index in [1.54, 1.807) is 14.0 Å². The van der Waals surface area contributed by atoms with Crippen molar-refractivity contribution in [3.8, 4) is 0 Å². The van der Waals surface area contributed by atoms with Gasteiger partial charge in [0.25, 0.3) is 0 Å². The number of likely N-dealkylation sites (tertiary alicyclic amines) is 1. The first kappa shape index (κ1) is 14.2. The van der Waals surface area contributed by atoms with Crippen molar-refractivity contribution in [1.82, 2.24) is 9.21 Å². The van der Waals surface area contributed by atoms with Crippen LogP contribution in [0.2, 0.25) is 0 Å². The Labute approximate surface area is 104 Å². The van der Waals surface area contributed by atoms with E-state index in [-0.39, 0.29) is 11.9 Å². The molecule has 0 aromatic heterocycles. The van der Waals surface area contributed by atoms with E-state index in [4.69, 9.17) is 11.6 Å². The number of hydrogen-bond acceptors (Lipinski definition) is 3. The Morgan fingerprint density at radius 2 is 2.19 bits per heavy atom. The average molecular weight is 269 g/mol. The van der Waals surface area contributed by atoms with Gasteiger partial charge < -0.3 is 4.90 Å². The molecule has 2 atom stereocenters. The van der Waals surface area contributed by atoms with Gasteiger partial charge in [0.05, 0.1) is 5.25 Å². The van der Waals surface area contributed by atoms with Crippen molar-refractivity contribution >= 4 is 21.6 Å². The monoisotopic (exact) mass is 268 g/mol. The van der Waals surface area contributed by atoms with Gasteiger partial charge in [0.15, 0.2) is 0 Å². The molecule has 0 radical (unpaired) electrons. The van der Waals surface area contributed by atoms with Gasteiger partial charge in [0.1, 0.15) is 0 Å². The minimum Gasteiger partial charge on any atom is -0.305 e. The van der Waals surface area contributed by atoms with Gasteiger partial charge in [0.2, 0.25) is 10.0 Å². The van der Waals surface area contributed by atoms with Gasteiger partial charge >= 0.3 is 0 Å². The fraction of sp³-hybridized carbons (Fsp3) is 1.00. The summed E-state index contributed by atoms with van der Waals surface area (Å²) in [7, 11) is 0.457. The summed E-state index contributed by atoms with van der Waals surface area (Å²) in [5, 5.41) is -0.508. The summed E-state index contributed by atoms with van der Waals surface area (Å²) in [5.74, 6) is 0.148. The molecule has 16 heavy (non-hydrogen) atoms. The van der Waals surface area contributed by atoms with E-state index in [1.165, 1.54) is 4.31 Å². The lowest BCUT2D eigenvalue weighted by Crippen LogP contribution is -2.49. The molecule has 0 saturated carbocycles. The number of halogens is 1. The number of alkyl halides is 1. The Balaban J connectivity index is 2.73. The van der Waals surface area contributed by atoms with Gasteiger partial charge in [-0.25, -0.2) is 12.7 Å². The van der Waals surface area contributed by atoms with Gasteiger partial charge in [-0.15, -0.1) is 11.6 Å². The lowest BCUT2D eigenvalue weighted by molar-refractivity contribution is 0.187. The first-order valence-corrected chi connectivity index (χ1v) is 7.64. The van der Waals surface area contributed by atoms with Crippen molar-refractivity contribution in [2.45, 2.75) is 31.1 Å². The second kappa shape index (κ2) is 5.67. The van der Waals surface area contributed by atoms with Crippen LogP contribution in [0.15, 0.2) is 0 Å². The van der Waals surface area contributed by atoms with Crippen LogP contribution in [0.4, 0.5) is 0 Å². The topological polar surface area (TPSA) is 40.6 Å². The van der Waals surface area contributed by atoms with Crippen molar-refractivity contribution < 1.29 is 8.42 Å². The molecule has 1 fully saturated rings. The molecule has 1 aliphatic heterocycles. The van der Waals surface area contributed by atoms with Crippen molar-refractivity contribution in [1.29, 1.82) is 0 Å². The van der Waals surface area contributed by atoms with Gasteiger partial charge in [-0.3, -0.25) is 0 Å². The quantitative estimate of drug-likeness (QED) is 0.714. The van der Waals surface area contributed by atoms with Gasteiger partial charge in [-0.05, 0) is 33.4 Å². The van der Waals surface area contributed by atoms with Gasteiger partial charge in [-0.2, -0.15) is 0 Å². The first-order chi connectivity index (χ1) is 7.39. The van der Waals surface area contributed by atoms with E-state index >= 15 is 0 Å². The van der Waals surface area contributed by atoms with Crippen LogP contribution >= 0.6 is 11.6 Å². The van der Waals surface area contributed by atoms with E-state index in [0.29, 0.717) is 0 Å². The maximum absolute atomic E-state index is 12.1. The summed E-state index contributed by atoms with van der Waals surface area (Å²) >= 11 is 5.63. The molecule has 0 N–H and O–H groups in total. The zero-order chi connectivity index (χ0) is 12.3. The Morgan fingerprint density at radius 1 is 1.56 bits per heavy atom. The third-order valence-corrected chi connectivity index (χ3v) is 6.17. The lowest BCUT2D eigenvalue weighted by Gasteiger charge is -2.36. The van der Waals surface area contributed by atoms with Crippen molar-refractivity contribution in [2.75, 3.05) is 33.1 Å². The standard InChI is InChI=1S/C10H21ClN2O2S/c1-9(7-11)16(14,15)13(3)10-5-4-6-12(2)8-10/h9-10H,4-8H2,1-3H3. The zero-order valence-corrected chi connectivity index (χ0v) is 11.8. The molecular weight excluding hydrogens is 248 g/mol. The van der Waals surface area contributed by atoms with Gasteiger partial charge in [-0.1, -0.05) is 0 Å². The Hall–Kier alpha value is 0.160. The predicted octanol–water partition coefficient (Wildman–Crippen LogP) is 0.970. The number of piperidine rings is 1. The molecular formula is C10H21ClN2O2S. The summed E-state index contributed by atoms with van der Waals surface area (Å²) in [4.78, 5) is 2.17. The molecule has 0 spiro atoms. The van der Waals surface area contributed by atoms with Crippen molar-refractivity contribution in [2.24, 2.45) is 0 Å². The fourth-order valence-corrected chi connectivity index (χ4v) is 3.80. The third kappa shape index (κ3) is 3.09. The summed E-state index contributed by atoms with van der Waals surface area (Å²) in [6, 6.07) is 0.0921. The smallest absolute Gasteiger partial charge is 0.217 e. The molecule has 96 valence electrons. The van der Waals surface area contributed by atoms with Gasteiger partial charge in [0, 0.05) is 25.5 Å². The van der Waals surface area contributed by atoms with Crippen molar-refractivity contribution in [3.05, 3.63) is 0 Å². The second-order valence-electron chi connectivity index (χ2n) is 4.58. The van der Waals surface area contributed by atoms with Crippen LogP contribution in [0.3, 0.4) is 0 Å².